The third kappa shape index (κ3) is 4.77. The molecule has 2 aliphatic rings. The van der Waals surface area contributed by atoms with Gasteiger partial charge in [0, 0.05) is 38.8 Å². The Labute approximate surface area is 142 Å². The number of aliphatic imine (C=N–C) groups is 1. The van der Waals surface area contributed by atoms with Crippen LogP contribution in [0.15, 0.2) is 29.4 Å². The molecule has 2 fully saturated rings. The van der Waals surface area contributed by atoms with Gasteiger partial charge in [-0.25, -0.2) is 4.98 Å². The molecule has 0 amide bonds. The summed E-state index contributed by atoms with van der Waals surface area (Å²) < 4.78 is 5.96. The largest absolute Gasteiger partial charge is 0.472 e. The van der Waals surface area contributed by atoms with Crippen LogP contribution in [0, 0.1) is 5.92 Å². The normalized spacial score (nSPS) is 23.1. The minimum atomic E-state index is 0.189. The quantitative estimate of drug-likeness (QED) is 0.676. The minimum absolute atomic E-state index is 0.189. The van der Waals surface area contributed by atoms with E-state index in [2.05, 4.69) is 32.0 Å². The Hall–Kier alpha value is -1.43. The van der Waals surface area contributed by atoms with Crippen LogP contribution in [0.5, 0.6) is 5.88 Å². The molecular weight excluding hydrogens is 308 g/mol. The Bertz CT molecular complexity index is 505. The van der Waals surface area contributed by atoms with E-state index in [9.17, 15) is 0 Å². The summed E-state index contributed by atoms with van der Waals surface area (Å²) >= 11 is 2.07. The van der Waals surface area contributed by atoms with Crippen LogP contribution in [0.2, 0.25) is 0 Å². The van der Waals surface area contributed by atoms with Crippen molar-refractivity contribution in [2.45, 2.75) is 25.4 Å². The first-order chi connectivity index (χ1) is 11.3. The molecule has 0 aliphatic carbocycles. The van der Waals surface area contributed by atoms with Crippen molar-refractivity contribution in [1.82, 2.24) is 15.2 Å². The van der Waals surface area contributed by atoms with E-state index in [0.717, 1.165) is 37.9 Å². The van der Waals surface area contributed by atoms with Crippen LogP contribution in [0.3, 0.4) is 0 Å². The zero-order valence-electron chi connectivity index (χ0n) is 13.8. The highest BCUT2D eigenvalue weighted by Gasteiger charge is 2.27. The first-order valence-electron chi connectivity index (χ1n) is 8.46. The van der Waals surface area contributed by atoms with E-state index in [4.69, 9.17) is 4.74 Å². The number of hydrogen-bond donors (Lipinski definition) is 1. The molecule has 1 atom stereocenters. The van der Waals surface area contributed by atoms with Crippen LogP contribution in [0.4, 0.5) is 0 Å². The SMILES string of the molecule is CN=C(NCC1CCSCC1)N1CCC(Oc2ccccn2)C1. The Morgan fingerprint density at radius 1 is 1.39 bits per heavy atom. The second-order valence-corrected chi connectivity index (χ2v) is 7.35. The molecule has 3 heterocycles. The summed E-state index contributed by atoms with van der Waals surface area (Å²) in [7, 11) is 1.87. The predicted octanol–water partition coefficient (Wildman–Crippen LogP) is 2.25. The maximum atomic E-state index is 5.96. The molecule has 0 aromatic carbocycles. The average Bonchev–Trinajstić information content (AvgIpc) is 3.06. The van der Waals surface area contributed by atoms with E-state index < -0.39 is 0 Å². The van der Waals surface area contributed by atoms with Crippen molar-refractivity contribution in [2.24, 2.45) is 10.9 Å². The Kier molecular flexibility index (Phi) is 6.02. The van der Waals surface area contributed by atoms with Crippen LogP contribution in [-0.2, 0) is 0 Å². The van der Waals surface area contributed by atoms with Crippen LogP contribution in [0.1, 0.15) is 19.3 Å². The summed E-state index contributed by atoms with van der Waals surface area (Å²) in [4.78, 5) is 11.0. The Balaban J connectivity index is 1.46. The first kappa shape index (κ1) is 16.4. The summed E-state index contributed by atoms with van der Waals surface area (Å²) in [6.45, 7) is 2.89. The van der Waals surface area contributed by atoms with E-state index in [-0.39, 0.29) is 6.10 Å². The van der Waals surface area contributed by atoms with Crippen LogP contribution in [0.25, 0.3) is 0 Å². The number of guanidine groups is 1. The van der Waals surface area contributed by atoms with Gasteiger partial charge in [0.05, 0.1) is 6.54 Å². The Morgan fingerprint density at radius 2 is 2.26 bits per heavy atom. The molecule has 126 valence electrons. The lowest BCUT2D eigenvalue weighted by atomic mass is 10.0. The number of pyridine rings is 1. The number of nitrogens with one attached hydrogen (secondary N) is 1. The third-order valence-electron chi connectivity index (χ3n) is 4.47. The van der Waals surface area contributed by atoms with Gasteiger partial charge in [-0.1, -0.05) is 6.07 Å². The van der Waals surface area contributed by atoms with Crippen LogP contribution in [-0.4, -0.2) is 60.1 Å². The van der Waals surface area contributed by atoms with Gasteiger partial charge in [-0.15, -0.1) is 0 Å². The summed E-state index contributed by atoms with van der Waals surface area (Å²) in [5, 5.41) is 3.56. The second-order valence-electron chi connectivity index (χ2n) is 6.13. The first-order valence-corrected chi connectivity index (χ1v) is 9.61. The van der Waals surface area contributed by atoms with E-state index in [0.29, 0.717) is 5.88 Å². The average molecular weight is 334 g/mol. The highest BCUT2D eigenvalue weighted by molar-refractivity contribution is 7.99. The summed E-state index contributed by atoms with van der Waals surface area (Å²) in [6, 6.07) is 5.78. The molecule has 1 unspecified atom stereocenters. The maximum absolute atomic E-state index is 5.96. The number of likely N-dealkylation sites (tertiary alicyclic amines) is 1. The molecule has 5 nitrogen and oxygen atoms in total. The van der Waals surface area contributed by atoms with Gasteiger partial charge in [-0.2, -0.15) is 11.8 Å². The molecular formula is C17H26N4OS. The van der Waals surface area contributed by atoms with Gasteiger partial charge in [0.1, 0.15) is 6.10 Å². The monoisotopic (exact) mass is 334 g/mol. The lowest BCUT2D eigenvalue weighted by Gasteiger charge is -2.26. The summed E-state index contributed by atoms with van der Waals surface area (Å²) in [5.74, 6) is 5.11. The number of nitrogens with zero attached hydrogens (tertiary/aromatic N) is 3. The van der Waals surface area contributed by atoms with Gasteiger partial charge in [0.2, 0.25) is 5.88 Å². The fraction of sp³-hybridized carbons (Fsp3) is 0.647. The molecule has 0 bridgehead atoms. The van der Waals surface area contributed by atoms with E-state index in [1.807, 2.05) is 25.2 Å². The van der Waals surface area contributed by atoms with Crippen molar-refractivity contribution in [2.75, 3.05) is 38.2 Å². The maximum Gasteiger partial charge on any atom is 0.213 e. The van der Waals surface area contributed by atoms with Gasteiger partial charge < -0.3 is 15.0 Å². The number of hydrogen-bond acceptors (Lipinski definition) is 4. The van der Waals surface area contributed by atoms with Gasteiger partial charge >= 0.3 is 0 Å². The number of rotatable bonds is 4. The zero-order chi connectivity index (χ0) is 15.9. The number of aromatic nitrogens is 1. The molecule has 2 aliphatic heterocycles. The van der Waals surface area contributed by atoms with E-state index in [1.54, 1.807) is 6.20 Å². The van der Waals surface area contributed by atoms with Gasteiger partial charge in [0.15, 0.2) is 5.96 Å². The molecule has 0 saturated carbocycles. The molecule has 1 aromatic rings. The van der Waals surface area contributed by atoms with E-state index in [1.165, 1.54) is 24.3 Å². The van der Waals surface area contributed by atoms with E-state index >= 15 is 0 Å². The highest BCUT2D eigenvalue weighted by Crippen LogP contribution is 2.22. The molecule has 23 heavy (non-hydrogen) atoms. The zero-order valence-corrected chi connectivity index (χ0v) is 14.6. The van der Waals surface area contributed by atoms with Crippen molar-refractivity contribution in [1.29, 1.82) is 0 Å². The third-order valence-corrected chi connectivity index (χ3v) is 5.52. The molecule has 3 rings (SSSR count). The number of thioether (sulfide) groups is 1. The van der Waals surface area contributed by atoms with Crippen molar-refractivity contribution in [3.63, 3.8) is 0 Å². The number of ether oxygens (including phenoxy) is 1. The fourth-order valence-electron chi connectivity index (χ4n) is 3.12. The van der Waals surface area contributed by atoms with Crippen molar-refractivity contribution >= 4 is 17.7 Å². The highest BCUT2D eigenvalue weighted by atomic mass is 32.2. The Morgan fingerprint density at radius 3 is 3.00 bits per heavy atom. The van der Waals surface area contributed by atoms with Crippen molar-refractivity contribution < 1.29 is 4.74 Å². The topological polar surface area (TPSA) is 49.8 Å². The molecule has 1 aromatic heterocycles. The van der Waals surface area contributed by atoms with Gasteiger partial charge in [-0.05, 0) is 36.3 Å². The second kappa shape index (κ2) is 8.43. The van der Waals surface area contributed by atoms with Crippen LogP contribution >= 0.6 is 11.8 Å². The standard InChI is InChI=1S/C17H26N4OS/c1-18-17(20-12-14-6-10-23-11-7-14)21-9-5-15(13-21)22-16-4-2-3-8-19-16/h2-4,8,14-15H,5-7,9-13H2,1H3,(H,18,20). The van der Waals surface area contributed by atoms with Crippen molar-refractivity contribution in [3.05, 3.63) is 24.4 Å². The van der Waals surface area contributed by atoms with Gasteiger partial charge in [-0.3, -0.25) is 4.99 Å². The lowest BCUT2D eigenvalue weighted by Crippen LogP contribution is -2.43. The molecule has 1 N–H and O–H groups in total. The van der Waals surface area contributed by atoms with Gasteiger partial charge in [0.25, 0.3) is 0 Å². The summed E-state index contributed by atoms with van der Waals surface area (Å²) in [5.41, 5.74) is 0. The molecule has 6 heteroatoms. The molecule has 2 saturated heterocycles. The van der Waals surface area contributed by atoms with Crippen LogP contribution < -0.4 is 10.1 Å². The lowest BCUT2D eigenvalue weighted by molar-refractivity contribution is 0.205. The smallest absolute Gasteiger partial charge is 0.213 e. The van der Waals surface area contributed by atoms with Crippen molar-refractivity contribution in [3.8, 4) is 5.88 Å². The fourth-order valence-corrected chi connectivity index (χ4v) is 4.33. The minimum Gasteiger partial charge on any atom is -0.472 e. The predicted molar refractivity (Wildman–Crippen MR) is 96.3 cm³/mol. The molecule has 0 spiro atoms. The summed E-state index contributed by atoms with van der Waals surface area (Å²) in [6.07, 6.45) is 5.61. The molecule has 0 radical (unpaired) electrons.